The van der Waals surface area contributed by atoms with Gasteiger partial charge in [-0.3, -0.25) is 34.1 Å². The molecule has 0 aromatic carbocycles. The summed E-state index contributed by atoms with van der Waals surface area (Å²) >= 11 is 0. The van der Waals surface area contributed by atoms with Crippen LogP contribution in [0.3, 0.4) is 0 Å². The van der Waals surface area contributed by atoms with Gasteiger partial charge >= 0.3 is 23.9 Å². The third-order valence-corrected chi connectivity index (χ3v) is 3.47. The van der Waals surface area contributed by atoms with E-state index >= 15 is 0 Å². The van der Waals surface area contributed by atoms with E-state index in [-0.39, 0.29) is 6.42 Å². The molecule has 0 bridgehead atoms. The SMILES string of the molecule is CC(=O)N[C@H](CC[N+](=O)[O-])[C@@H](OC(C)=O)[C@H](OC(C)=O)[C@@H](COC(C)=O)OC(C)=O. The van der Waals surface area contributed by atoms with Crippen molar-refractivity contribution < 1.29 is 47.8 Å². The summed E-state index contributed by atoms with van der Waals surface area (Å²) in [4.78, 5) is 67.9. The highest BCUT2D eigenvalue weighted by molar-refractivity contribution is 5.73. The second-order valence-electron chi connectivity index (χ2n) is 6.25. The van der Waals surface area contributed by atoms with Crippen molar-refractivity contribution in [2.75, 3.05) is 13.2 Å². The molecule has 170 valence electrons. The number of rotatable bonds is 12. The molecule has 4 atom stereocenters. The van der Waals surface area contributed by atoms with Crippen LogP contribution in [0.4, 0.5) is 0 Å². The van der Waals surface area contributed by atoms with E-state index in [1.54, 1.807) is 0 Å². The lowest BCUT2D eigenvalue weighted by Gasteiger charge is -2.35. The van der Waals surface area contributed by atoms with Crippen LogP contribution in [0.15, 0.2) is 0 Å². The lowest BCUT2D eigenvalue weighted by Crippen LogP contribution is -2.57. The highest BCUT2D eigenvalue weighted by Gasteiger charge is 2.43. The van der Waals surface area contributed by atoms with Gasteiger partial charge in [-0.2, -0.15) is 0 Å². The van der Waals surface area contributed by atoms with E-state index in [0.29, 0.717) is 0 Å². The first-order valence-electron chi connectivity index (χ1n) is 8.87. The number of nitro groups is 1. The zero-order chi connectivity index (χ0) is 23.4. The Kier molecular flexibility index (Phi) is 11.6. The van der Waals surface area contributed by atoms with Crippen LogP contribution in [-0.2, 0) is 42.9 Å². The number of hydrogen-bond acceptors (Lipinski definition) is 11. The van der Waals surface area contributed by atoms with Gasteiger partial charge in [-0.25, -0.2) is 0 Å². The minimum absolute atomic E-state index is 0.303. The second kappa shape index (κ2) is 13.1. The summed E-state index contributed by atoms with van der Waals surface area (Å²) in [5.74, 6) is -3.89. The quantitative estimate of drug-likeness (QED) is 0.181. The minimum atomic E-state index is -1.54. The van der Waals surface area contributed by atoms with Gasteiger partial charge in [-0.1, -0.05) is 0 Å². The Morgan fingerprint density at radius 2 is 1.33 bits per heavy atom. The Balaban J connectivity index is 6.19. The van der Waals surface area contributed by atoms with Crippen LogP contribution in [-0.4, -0.2) is 72.2 Å². The molecule has 0 aliphatic carbocycles. The number of carbonyl (C=O) groups excluding carboxylic acids is 5. The number of hydrogen-bond donors (Lipinski definition) is 1. The van der Waals surface area contributed by atoms with E-state index in [1.165, 1.54) is 0 Å². The first-order valence-corrected chi connectivity index (χ1v) is 8.87. The first-order chi connectivity index (χ1) is 13.8. The number of ether oxygens (including phenoxy) is 4. The molecule has 0 radical (unpaired) electrons. The molecule has 0 saturated heterocycles. The van der Waals surface area contributed by atoms with Crippen LogP contribution >= 0.6 is 0 Å². The maximum Gasteiger partial charge on any atom is 0.303 e. The zero-order valence-corrected chi connectivity index (χ0v) is 17.4. The Bertz CT molecular complexity index is 608. The van der Waals surface area contributed by atoms with Crippen LogP contribution in [0.5, 0.6) is 0 Å². The molecule has 1 amide bonds. The van der Waals surface area contributed by atoms with Gasteiger partial charge in [0.1, 0.15) is 6.61 Å². The molecular formula is C17H26N2O11. The summed E-state index contributed by atoms with van der Waals surface area (Å²) in [6.07, 6.45) is -4.76. The standard InChI is InChI=1S/C17H26N2O11/c1-9(20)18-14(6-7-19(25)26)16(29-12(4)23)17(30-13(5)24)15(28-11(3)22)8-27-10(2)21/h14-17H,6-8H2,1-5H3,(H,18,20)/t14-,15-,16-,17-/m1/s1. The normalized spacial score (nSPS) is 14.3. The molecule has 30 heavy (non-hydrogen) atoms. The van der Waals surface area contributed by atoms with E-state index in [2.05, 4.69) is 5.32 Å². The van der Waals surface area contributed by atoms with E-state index in [4.69, 9.17) is 18.9 Å². The lowest BCUT2D eigenvalue weighted by atomic mass is 9.97. The number of nitrogens with one attached hydrogen (secondary N) is 1. The fourth-order valence-corrected chi connectivity index (χ4v) is 2.55. The zero-order valence-electron chi connectivity index (χ0n) is 17.4. The maximum atomic E-state index is 11.7. The van der Waals surface area contributed by atoms with Crippen molar-refractivity contribution in [1.82, 2.24) is 5.32 Å². The maximum absolute atomic E-state index is 11.7. The molecule has 0 unspecified atom stereocenters. The van der Waals surface area contributed by atoms with E-state index < -0.39 is 72.2 Å². The Hall–Kier alpha value is -3.25. The highest BCUT2D eigenvalue weighted by atomic mass is 16.6. The molecule has 0 aliphatic rings. The molecule has 1 N–H and O–H groups in total. The summed E-state index contributed by atoms with van der Waals surface area (Å²) in [6, 6.07) is -1.18. The van der Waals surface area contributed by atoms with Gasteiger partial charge in [0, 0.05) is 46.0 Å². The summed E-state index contributed by atoms with van der Waals surface area (Å²) in [6.45, 7) is 4.15. The average molecular weight is 434 g/mol. The molecule has 0 fully saturated rings. The monoisotopic (exact) mass is 434 g/mol. The van der Waals surface area contributed by atoms with Crippen molar-refractivity contribution in [3.8, 4) is 0 Å². The van der Waals surface area contributed by atoms with E-state index in [0.717, 1.165) is 34.6 Å². The van der Waals surface area contributed by atoms with Gasteiger partial charge in [-0.05, 0) is 0 Å². The first kappa shape index (κ1) is 26.8. The average Bonchev–Trinajstić information content (AvgIpc) is 2.57. The molecule has 0 heterocycles. The molecule has 0 rings (SSSR count). The summed E-state index contributed by atoms with van der Waals surface area (Å²) in [5, 5.41) is 13.2. The summed E-state index contributed by atoms with van der Waals surface area (Å²) < 4.78 is 20.3. The predicted molar refractivity (Wildman–Crippen MR) is 97.4 cm³/mol. The van der Waals surface area contributed by atoms with Gasteiger partial charge < -0.3 is 24.3 Å². The second-order valence-corrected chi connectivity index (χ2v) is 6.25. The smallest absolute Gasteiger partial charge is 0.303 e. The van der Waals surface area contributed by atoms with Crippen LogP contribution in [0.25, 0.3) is 0 Å². The van der Waals surface area contributed by atoms with Crippen molar-refractivity contribution in [2.24, 2.45) is 0 Å². The van der Waals surface area contributed by atoms with E-state index in [9.17, 15) is 34.1 Å². The minimum Gasteiger partial charge on any atom is -0.462 e. The lowest BCUT2D eigenvalue weighted by molar-refractivity contribution is -0.481. The third-order valence-electron chi connectivity index (χ3n) is 3.47. The van der Waals surface area contributed by atoms with Gasteiger partial charge in [0.05, 0.1) is 6.04 Å². The fourth-order valence-electron chi connectivity index (χ4n) is 2.55. The number of esters is 4. The molecular weight excluding hydrogens is 408 g/mol. The number of amides is 1. The Morgan fingerprint density at radius 3 is 1.73 bits per heavy atom. The molecule has 13 heteroatoms. The largest absolute Gasteiger partial charge is 0.462 e. The van der Waals surface area contributed by atoms with Crippen LogP contribution < -0.4 is 5.32 Å². The van der Waals surface area contributed by atoms with Crippen molar-refractivity contribution in [3.63, 3.8) is 0 Å². The van der Waals surface area contributed by atoms with Crippen LogP contribution in [0, 0.1) is 10.1 Å². The van der Waals surface area contributed by atoms with Crippen molar-refractivity contribution in [3.05, 3.63) is 10.1 Å². The van der Waals surface area contributed by atoms with Crippen molar-refractivity contribution in [1.29, 1.82) is 0 Å². The predicted octanol–water partition coefficient (Wildman–Crippen LogP) is -0.484. The number of nitrogens with zero attached hydrogens (tertiary/aromatic N) is 1. The van der Waals surface area contributed by atoms with Crippen molar-refractivity contribution in [2.45, 2.75) is 65.4 Å². The molecule has 0 aliphatic heterocycles. The fraction of sp³-hybridized carbons (Fsp3) is 0.706. The van der Waals surface area contributed by atoms with Crippen LogP contribution in [0.2, 0.25) is 0 Å². The van der Waals surface area contributed by atoms with Crippen LogP contribution in [0.1, 0.15) is 41.0 Å². The van der Waals surface area contributed by atoms with Crippen molar-refractivity contribution >= 4 is 29.8 Å². The Morgan fingerprint density at radius 1 is 0.833 bits per heavy atom. The molecule has 0 saturated carbocycles. The third kappa shape index (κ3) is 11.6. The summed E-state index contributed by atoms with van der Waals surface area (Å²) in [7, 11) is 0. The Labute approximate surface area is 172 Å². The highest BCUT2D eigenvalue weighted by Crippen LogP contribution is 2.20. The van der Waals surface area contributed by atoms with E-state index in [1.807, 2.05) is 0 Å². The molecule has 0 aromatic heterocycles. The summed E-state index contributed by atoms with van der Waals surface area (Å²) in [5.41, 5.74) is 0. The van der Waals surface area contributed by atoms with Gasteiger partial charge in [0.25, 0.3) is 0 Å². The molecule has 0 spiro atoms. The van der Waals surface area contributed by atoms with Gasteiger partial charge in [0.2, 0.25) is 12.5 Å². The topological polar surface area (TPSA) is 177 Å². The van der Waals surface area contributed by atoms with Gasteiger partial charge in [-0.15, -0.1) is 0 Å². The van der Waals surface area contributed by atoms with Gasteiger partial charge in [0.15, 0.2) is 18.3 Å². The molecule has 13 nitrogen and oxygen atoms in total. The number of carbonyl (C=O) groups is 5. The molecule has 0 aromatic rings.